The van der Waals surface area contributed by atoms with E-state index in [1.54, 1.807) is 73.1 Å². The molecule has 1 aliphatic carbocycles. The molecule has 3 fully saturated rings. The minimum Gasteiger partial charge on any atom is -0.481 e. The van der Waals surface area contributed by atoms with Crippen LogP contribution in [0.1, 0.15) is 120 Å². The largest absolute Gasteiger partial charge is 0.481 e. The fourth-order valence-electron chi connectivity index (χ4n) is 15.5. The van der Waals surface area contributed by atoms with Crippen LogP contribution < -0.4 is 64.6 Å². The lowest BCUT2D eigenvalue weighted by molar-refractivity contribution is -0.145. The number of carboxylic acid groups (broad SMARTS) is 1. The Hall–Kier alpha value is -11.9. The Bertz CT molecular complexity index is 4720. The van der Waals surface area contributed by atoms with Crippen LogP contribution in [0, 0.1) is 17.2 Å². The first-order valence-corrected chi connectivity index (χ1v) is 42.6. The highest BCUT2D eigenvalue weighted by Gasteiger charge is 2.45. The van der Waals surface area contributed by atoms with E-state index in [2.05, 4.69) is 73.1 Å². The fourth-order valence-corrected chi connectivity index (χ4v) is 16.3. The number of aromatic nitrogens is 4. The van der Waals surface area contributed by atoms with Gasteiger partial charge in [-0.2, -0.15) is 11.8 Å². The molecule has 3 aliphatic rings. The number of thioether (sulfide) groups is 1. The third kappa shape index (κ3) is 26.3. The van der Waals surface area contributed by atoms with E-state index in [9.17, 15) is 53.1 Å². The summed E-state index contributed by atoms with van der Waals surface area (Å²) in [5, 5.41) is 47.1. The van der Waals surface area contributed by atoms with Crippen molar-refractivity contribution in [2.24, 2.45) is 23.3 Å². The number of fused-ring (bicyclic) bond motifs is 4. The van der Waals surface area contributed by atoms with E-state index in [1.165, 1.54) is 50.4 Å². The summed E-state index contributed by atoms with van der Waals surface area (Å²) in [6, 6.07) is 7.38. The Morgan fingerprint density at radius 2 is 1.20 bits per heavy atom. The maximum atomic E-state index is 15.2. The molecule has 19 N–H and O–H groups in total. The molecule has 3 aromatic heterocycles. The first-order chi connectivity index (χ1) is 58.4. The number of ketones is 1. The highest BCUT2D eigenvalue weighted by Crippen LogP contribution is 2.35. The summed E-state index contributed by atoms with van der Waals surface area (Å²) in [5.74, 6) is -14.5. The van der Waals surface area contributed by atoms with Crippen LogP contribution in [0.3, 0.4) is 0 Å². The van der Waals surface area contributed by atoms with Crippen LogP contribution in [0.4, 0.5) is 0 Å². The van der Waals surface area contributed by atoms with Gasteiger partial charge in [0.1, 0.15) is 54.4 Å². The third-order valence-electron chi connectivity index (χ3n) is 22.4. The molecule has 6 aromatic rings. The van der Waals surface area contributed by atoms with E-state index in [4.69, 9.17) is 28.5 Å². The van der Waals surface area contributed by atoms with Gasteiger partial charge in [0.15, 0.2) is 11.7 Å². The minimum atomic E-state index is -1.57. The number of nitrogens with one attached hydrogen (secondary N) is 14. The van der Waals surface area contributed by atoms with Crippen LogP contribution in [-0.2, 0) is 97.6 Å². The molecule has 9 rings (SSSR count). The number of unbranched alkanes of at least 4 members (excludes halogenated alkanes) is 1. The summed E-state index contributed by atoms with van der Waals surface area (Å²) in [5.41, 5.74) is 15.3. The number of para-hydroxylation sites is 2. The van der Waals surface area contributed by atoms with E-state index < -0.39 is 187 Å². The molecule has 122 heavy (non-hydrogen) atoms. The van der Waals surface area contributed by atoms with Crippen LogP contribution in [0.5, 0.6) is 0 Å². The molecule has 3 aromatic carbocycles. The number of carbonyl (C=O) groups excluding carboxylic acids is 14. The number of nitrogens with zero attached hydrogens (tertiary/aromatic N) is 5. The number of imidazole rings is 1. The topological polar surface area (TPSA) is 546 Å². The maximum Gasteiger partial charge on any atom is 0.303 e. The molecular formula is C83H112ClN21O16S. The van der Waals surface area contributed by atoms with Gasteiger partial charge in [0.25, 0.3) is 0 Å². The Morgan fingerprint density at radius 3 is 1.85 bits per heavy atom. The monoisotopic (exact) mass is 1730 g/mol. The zero-order valence-electron chi connectivity index (χ0n) is 69.1. The number of likely N-dealkylation sites (N-methyl/N-ethyl adjacent to an activating group) is 3. The zero-order valence-corrected chi connectivity index (χ0v) is 70.7. The molecule has 13 amide bonds. The number of amides is 13. The standard InChI is InChI=1S/C83H112ClN21O16S/c1-6-7-22-66-79(118)98-60(21-13-32-90-83(86)87)75(114)89-33-35-122-45-68(106)95-64(36-48-24-26-51(84)27-25-48)82(121)103(4)47(2)73(112)93-43-69(107)105-34-14-23-67(105)80(119)100-63(39-52-42-88-46-94-52)78(117)96-59(28-29-71(109)110)72(111)55-17-12-18-56(55)74(113)99-62(37-49-40-91-57-19-10-8-15-53(49)57)77(116)97-61(30-31-85)76(115)101-65(81(120)102(3)44-70(108)104(66)5)38-50-41-92-58-20-11-9-16-54(50)58/h8-11,15-16,19-20,24-27,40-42,46-47,55-56,59-67,91-92H,6-7,12-14,17-18,21-23,28-39,43-45,85H2,1-5H3,(H,88,94)(H,89,114)(H,93,112)(H,95,106)(H,96,117)(H,97,116)(H,98,118)(H,99,113)(H,100,119)(H,101,115)(H,109,110)(H4,86,87,90)/t47-,55?,56?,59-,60-,61-,62-,63-,64-,65-,66-,67?/m0/s1. The number of nitrogens with two attached hydrogens (primary N) is 2. The number of halogens is 1. The average Bonchev–Trinajstić information content (AvgIpc) is 1.59. The van der Waals surface area contributed by atoms with Gasteiger partial charge in [-0.05, 0) is 112 Å². The Morgan fingerprint density at radius 1 is 0.607 bits per heavy atom. The molecule has 0 radical (unpaired) electrons. The summed E-state index contributed by atoms with van der Waals surface area (Å²) in [6.45, 7) is 2.03. The number of carboxylic acids is 1. The summed E-state index contributed by atoms with van der Waals surface area (Å²) in [7, 11) is 4.08. The number of H-pyrrole nitrogens is 3. The summed E-state index contributed by atoms with van der Waals surface area (Å²) in [6.07, 6.45) is 6.46. The van der Waals surface area contributed by atoms with Crippen LogP contribution >= 0.6 is 23.4 Å². The molecule has 39 heteroatoms. The van der Waals surface area contributed by atoms with Crippen LogP contribution in [0.15, 0.2) is 97.7 Å². The number of rotatable bonds is 20. The molecule has 37 nitrogen and oxygen atoms in total. The number of hydrogen-bond acceptors (Lipinski definition) is 19. The van der Waals surface area contributed by atoms with E-state index >= 15 is 24.0 Å². The van der Waals surface area contributed by atoms with E-state index in [0.717, 1.165) is 21.6 Å². The van der Waals surface area contributed by atoms with Crippen molar-refractivity contribution in [1.82, 2.24) is 92.7 Å². The minimum absolute atomic E-state index is 0.0179. The number of hydrogen-bond donors (Lipinski definition) is 17. The molecular weight excluding hydrogens is 1610 g/mol. The van der Waals surface area contributed by atoms with Crippen molar-refractivity contribution in [1.29, 1.82) is 5.41 Å². The van der Waals surface area contributed by atoms with Crippen LogP contribution in [0.25, 0.3) is 21.8 Å². The highest BCUT2D eigenvalue weighted by molar-refractivity contribution is 7.99. The van der Waals surface area contributed by atoms with Crippen molar-refractivity contribution in [3.63, 3.8) is 0 Å². The lowest BCUT2D eigenvalue weighted by Crippen LogP contribution is -2.59. The number of carbonyl (C=O) groups is 15. The third-order valence-corrected chi connectivity index (χ3v) is 23.6. The van der Waals surface area contributed by atoms with E-state index in [0.29, 0.717) is 74.9 Å². The van der Waals surface area contributed by atoms with Gasteiger partial charge in [0.05, 0.1) is 31.2 Å². The van der Waals surface area contributed by atoms with Crippen molar-refractivity contribution < 1.29 is 77.0 Å². The van der Waals surface area contributed by atoms with Gasteiger partial charge in [-0.1, -0.05) is 86.3 Å². The molecule has 1 saturated carbocycles. The summed E-state index contributed by atoms with van der Waals surface area (Å²) in [4.78, 5) is 236. The van der Waals surface area contributed by atoms with Gasteiger partial charge < -0.3 is 104 Å². The maximum absolute atomic E-state index is 15.2. The Balaban J connectivity index is 1.02. The fraction of sp³-hybridized carbons (Fsp3) is 0.506. The molecule has 2 aliphatic heterocycles. The lowest BCUT2D eigenvalue weighted by Gasteiger charge is -2.32. The molecule has 0 spiro atoms. The lowest BCUT2D eigenvalue weighted by atomic mass is 9.85. The number of aliphatic carboxylic acids is 1. The number of Topliss-reactive ketones (excluding diaryl/α,β-unsaturated/α-hetero) is 1. The predicted molar refractivity (Wildman–Crippen MR) is 455 cm³/mol. The predicted octanol–water partition coefficient (Wildman–Crippen LogP) is 0.445. The quantitative estimate of drug-likeness (QED) is 0.0280. The van der Waals surface area contributed by atoms with Gasteiger partial charge >= 0.3 is 5.97 Å². The van der Waals surface area contributed by atoms with Crippen molar-refractivity contribution in [2.45, 2.75) is 183 Å². The van der Waals surface area contributed by atoms with E-state index in [1.807, 2.05) is 19.1 Å². The molecule has 5 heterocycles. The van der Waals surface area contributed by atoms with Gasteiger partial charge in [-0.25, -0.2) is 4.98 Å². The SMILES string of the molecule is CCCC[C@H]1C(=O)N[C@@H](CCCNC(=N)N)C(=O)NCCSCC(=O)N[C@@H](Cc2ccc(Cl)cc2)C(=O)N(C)[C@@H](C)C(=O)NCC(=O)N2CCCC2C(=O)N[C@@H](Cc2cnc[nH]2)C(=O)N[C@@H](CCC(=O)O)C(=O)C2CCCC2C(=O)N[C@@H](Cc2c[nH]c3ccccc23)C(=O)N[C@@H](CCN)C(=O)N[C@@H](Cc2c[nH]c3ccccc23)C(=O)N(C)CC(=O)N1C. The number of guanidine groups is 1. The molecule has 0 bridgehead atoms. The van der Waals surface area contributed by atoms with Crippen LogP contribution in [0.2, 0.25) is 5.02 Å². The number of aromatic amines is 3. The smallest absolute Gasteiger partial charge is 0.303 e. The zero-order chi connectivity index (χ0) is 88.3. The van der Waals surface area contributed by atoms with Crippen molar-refractivity contribution >= 4 is 140 Å². The Kier molecular flexibility index (Phi) is 35.1. The van der Waals surface area contributed by atoms with Gasteiger partial charge in [-0.3, -0.25) is 77.3 Å². The van der Waals surface area contributed by atoms with Gasteiger partial charge in [0.2, 0.25) is 76.8 Å². The molecule has 12 atom stereocenters. The summed E-state index contributed by atoms with van der Waals surface area (Å²) < 4.78 is 0. The van der Waals surface area contributed by atoms with Crippen molar-refractivity contribution in [3.8, 4) is 0 Å². The molecule has 2 saturated heterocycles. The molecule has 658 valence electrons. The second-order valence-corrected chi connectivity index (χ2v) is 32.6. The van der Waals surface area contributed by atoms with Crippen molar-refractivity contribution in [2.75, 3.05) is 71.9 Å². The van der Waals surface area contributed by atoms with E-state index in [-0.39, 0.29) is 114 Å². The first-order valence-electron chi connectivity index (χ1n) is 41.1. The normalized spacial score (nSPS) is 24.3. The summed E-state index contributed by atoms with van der Waals surface area (Å²) >= 11 is 7.32. The highest BCUT2D eigenvalue weighted by atomic mass is 35.5. The molecule has 3 unspecified atom stereocenters. The van der Waals surface area contributed by atoms with Crippen LogP contribution in [-0.4, -0.2) is 271 Å². The average molecular weight is 1730 g/mol. The van der Waals surface area contributed by atoms with Gasteiger partial charge in [0, 0.05) is 142 Å². The second kappa shape index (κ2) is 45.6. The first kappa shape index (κ1) is 93.9. The number of benzene rings is 3. The second-order valence-electron chi connectivity index (χ2n) is 31.1. The van der Waals surface area contributed by atoms with Crippen molar-refractivity contribution in [3.05, 3.63) is 125 Å². The van der Waals surface area contributed by atoms with Gasteiger partial charge in [-0.15, -0.1) is 0 Å². The Labute approximate surface area is 715 Å².